The second-order valence-electron chi connectivity index (χ2n) is 7.50. The summed E-state index contributed by atoms with van der Waals surface area (Å²) in [5.74, 6) is 1.87. The van der Waals surface area contributed by atoms with Crippen molar-refractivity contribution in [3.05, 3.63) is 29.1 Å². The second kappa shape index (κ2) is 7.69. The van der Waals surface area contributed by atoms with E-state index in [0.717, 1.165) is 6.54 Å². The van der Waals surface area contributed by atoms with Gasteiger partial charge in [-0.1, -0.05) is 20.3 Å². The summed E-state index contributed by atoms with van der Waals surface area (Å²) in [6.07, 6.45) is 7.58. The molecule has 24 heavy (non-hydrogen) atoms. The van der Waals surface area contributed by atoms with Crippen molar-refractivity contribution < 1.29 is 0 Å². The van der Waals surface area contributed by atoms with Crippen LogP contribution in [0.15, 0.2) is 12.1 Å². The fraction of sp³-hybridized carbons (Fsp3) is 0.667. The minimum atomic E-state index is 0.567. The second-order valence-corrected chi connectivity index (χ2v) is 7.50. The third kappa shape index (κ3) is 3.51. The summed E-state index contributed by atoms with van der Waals surface area (Å²) in [6.45, 7) is 11.3. The first kappa shape index (κ1) is 17.5. The van der Waals surface area contributed by atoms with Crippen LogP contribution < -0.4 is 5.32 Å². The average molecular weight is 328 g/mol. The standard InChI is InChI=1S/C21H33N3/c1-5-17(6-2)21-23-19-13-15(3)16(4)14-20(19)24(21)12-10-18-9-7-8-11-22-18/h13-14,17-18,22H,5-12H2,1-4H3. The highest BCUT2D eigenvalue weighted by Crippen LogP contribution is 2.29. The van der Waals surface area contributed by atoms with Crippen molar-refractivity contribution in [2.45, 2.75) is 84.7 Å². The van der Waals surface area contributed by atoms with Crippen LogP contribution in [0.3, 0.4) is 0 Å². The van der Waals surface area contributed by atoms with Crippen LogP contribution >= 0.6 is 0 Å². The molecule has 1 atom stereocenters. The van der Waals surface area contributed by atoms with Crippen LogP contribution in [0.25, 0.3) is 11.0 Å². The summed E-state index contributed by atoms with van der Waals surface area (Å²) in [7, 11) is 0. The summed E-state index contributed by atoms with van der Waals surface area (Å²) >= 11 is 0. The third-order valence-corrected chi connectivity index (χ3v) is 5.86. The molecule has 1 aliphatic heterocycles. The number of nitrogens with one attached hydrogen (secondary N) is 1. The van der Waals surface area contributed by atoms with Crippen molar-refractivity contribution in [1.82, 2.24) is 14.9 Å². The Morgan fingerprint density at radius 1 is 1.17 bits per heavy atom. The monoisotopic (exact) mass is 327 g/mol. The molecule has 3 nitrogen and oxygen atoms in total. The first-order valence-electron chi connectivity index (χ1n) is 9.84. The van der Waals surface area contributed by atoms with Crippen LogP contribution in [0, 0.1) is 13.8 Å². The summed E-state index contributed by atoms with van der Waals surface area (Å²) in [4.78, 5) is 5.06. The Bertz CT molecular complexity index is 676. The van der Waals surface area contributed by atoms with Gasteiger partial charge >= 0.3 is 0 Å². The Kier molecular flexibility index (Phi) is 5.60. The molecule has 1 aromatic heterocycles. The Hall–Kier alpha value is -1.35. The van der Waals surface area contributed by atoms with Crippen LogP contribution in [-0.4, -0.2) is 22.1 Å². The molecule has 2 heterocycles. The van der Waals surface area contributed by atoms with Gasteiger partial charge in [-0.25, -0.2) is 4.98 Å². The number of piperidine rings is 1. The van der Waals surface area contributed by atoms with Crippen LogP contribution in [0.1, 0.15) is 75.2 Å². The van der Waals surface area contributed by atoms with E-state index >= 15 is 0 Å². The fourth-order valence-corrected chi connectivity index (χ4v) is 4.05. The zero-order chi connectivity index (χ0) is 17.1. The predicted octanol–water partition coefficient (Wildman–Crippen LogP) is 5.09. The molecule has 3 rings (SSSR count). The first-order valence-corrected chi connectivity index (χ1v) is 9.84. The quantitative estimate of drug-likeness (QED) is 0.801. The van der Waals surface area contributed by atoms with Gasteiger partial charge in [0.25, 0.3) is 0 Å². The molecule has 1 aliphatic rings. The molecular formula is C21H33N3. The van der Waals surface area contributed by atoms with E-state index in [1.54, 1.807) is 0 Å². The van der Waals surface area contributed by atoms with Crippen molar-refractivity contribution in [2.75, 3.05) is 6.54 Å². The molecule has 0 radical (unpaired) electrons. The van der Waals surface area contributed by atoms with E-state index in [0.29, 0.717) is 12.0 Å². The molecule has 0 aliphatic carbocycles. The number of rotatable bonds is 6. The summed E-state index contributed by atoms with van der Waals surface area (Å²) < 4.78 is 2.52. The van der Waals surface area contributed by atoms with Crippen LogP contribution in [0.2, 0.25) is 0 Å². The minimum absolute atomic E-state index is 0.567. The molecule has 0 spiro atoms. The molecule has 0 saturated carbocycles. The van der Waals surface area contributed by atoms with Gasteiger partial charge in [0.15, 0.2) is 0 Å². The van der Waals surface area contributed by atoms with Gasteiger partial charge in [-0.15, -0.1) is 0 Å². The minimum Gasteiger partial charge on any atom is -0.328 e. The lowest BCUT2D eigenvalue weighted by Gasteiger charge is -2.24. The maximum Gasteiger partial charge on any atom is 0.112 e. The van der Waals surface area contributed by atoms with Crippen molar-refractivity contribution in [2.24, 2.45) is 0 Å². The topological polar surface area (TPSA) is 29.9 Å². The lowest BCUT2D eigenvalue weighted by molar-refractivity contribution is 0.364. The van der Waals surface area contributed by atoms with E-state index in [2.05, 4.69) is 49.7 Å². The van der Waals surface area contributed by atoms with Gasteiger partial charge < -0.3 is 9.88 Å². The van der Waals surface area contributed by atoms with Crippen LogP contribution in [0.5, 0.6) is 0 Å². The van der Waals surface area contributed by atoms with Gasteiger partial charge in [0, 0.05) is 18.5 Å². The summed E-state index contributed by atoms with van der Waals surface area (Å²) in [5.41, 5.74) is 5.22. The first-order chi connectivity index (χ1) is 11.6. The molecule has 1 aromatic carbocycles. The normalized spacial score (nSPS) is 18.6. The highest BCUT2D eigenvalue weighted by Gasteiger charge is 2.20. The molecule has 3 heteroatoms. The smallest absolute Gasteiger partial charge is 0.112 e. The molecule has 1 fully saturated rings. The van der Waals surface area contributed by atoms with Crippen molar-refractivity contribution in [1.29, 1.82) is 0 Å². The molecule has 1 N–H and O–H groups in total. The number of aromatic nitrogens is 2. The average Bonchev–Trinajstić information content (AvgIpc) is 2.93. The molecule has 1 unspecified atom stereocenters. The van der Waals surface area contributed by atoms with E-state index in [1.165, 1.54) is 73.1 Å². The van der Waals surface area contributed by atoms with Crippen molar-refractivity contribution in [3.63, 3.8) is 0 Å². The van der Waals surface area contributed by atoms with E-state index in [1.807, 2.05) is 0 Å². The van der Waals surface area contributed by atoms with Crippen LogP contribution in [0.4, 0.5) is 0 Å². The molecule has 132 valence electrons. The highest BCUT2D eigenvalue weighted by atomic mass is 15.1. The molecular weight excluding hydrogens is 294 g/mol. The lowest BCUT2D eigenvalue weighted by Crippen LogP contribution is -2.34. The van der Waals surface area contributed by atoms with Gasteiger partial charge in [-0.2, -0.15) is 0 Å². The number of imidazole rings is 1. The lowest BCUT2D eigenvalue weighted by atomic mass is 10.0. The Labute approximate surface area is 146 Å². The number of aryl methyl sites for hydroxylation is 3. The SMILES string of the molecule is CCC(CC)c1nc2cc(C)c(C)cc2n1CCC1CCCCN1. The molecule has 0 amide bonds. The zero-order valence-electron chi connectivity index (χ0n) is 15.9. The number of fused-ring (bicyclic) bond motifs is 1. The van der Waals surface area contributed by atoms with Crippen LogP contribution in [-0.2, 0) is 6.54 Å². The zero-order valence-corrected chi connectivity index (χ0v) is 15.9. The van der Waals surface area contributed by atoms with E-state index in [9.17, 15) is 0 Å². The maximum absolute atomic E-state index is 5.06. The van der Waals surface area contributed by atoms with Crippen molar-refractivity contribution >= 4 is 11.0 Å². The van der Waals surface area contributed by atoms with Crippen molar-refractivity contribution in [3.8, 4) is 0 Å². The maximum atomic E-state index is 5.06. The molecule has 0 bridgehead atoms. The predicted molar refractivity (Wildman–Crippen MR) is 103 cm³/mol. The number of benzene rings is 1. The molecule has 1 saturated heterocycles. The number of hydrogen-bond acceptors (Lipinski definition) is 2. The third-order valence-electron chi connectivity index (χ3n) is 5.86. The Morgan fingerprint density at radius 2 is 1.92 bits per heavy atom. The molecule has 2 aromatic rings. The highest BCUT2D eigenvalue weighted by molar-refractivity contribution is 5.78. The Balaban J connectivity index is 1.94. The van der Waals surface area contributed by atoms with E-state index < -0.39 is 0 Å². The van der Waals surface area contributed by atoms with E-state index in [4.69, 9.17) is 4.98 Å². The van der Waals surface area contributed by atoms with E-state index in [-0.39, 0.29) is 0 Å². The van der Waals surface area contributed by atoms with Gasteiger partial charge in [-0.3, -0.25) is 0 Å². The number of hydrogen-bond donors (Lipinski definition) is 1. The van der Waals surface area contributed by atoms with Gasteiger partial charge in [0.05, 0.1) is 11.0 Å². The van der Waals surface area contributed by atoms with Gasteiger partial charge in [-0.05, 0) is 75.8 Å². The summed E-state index contributed by atoms with van der Waals surface area (Å²) in [6, 6.07) is 5.29. The largest absolute Gasteiger partial charge is 0.328 e. The summed E-state index contributed by atoms with van der Waals surface area (Å²) in [5, 5.41) is 3.69. The van der Waals surface area contributed by atoms with Gasteiger partial charge in [0.2, 0.25) is 0 Å². The number of nitrogens with zero attached hydrogens (tertiary/aromatic N) is 2. The van der Waals surface area contributed by atoms with Gasteiger partial charge in [0.1, 0.15) is 5.82 Å². The fourth-order valence-electron chi connectivity index (χ4n) is 4.05. The Morgan fingerprint density at radius 3 is 2.58 bits per heavy atom.